The molecule has 1 aliphatic rings. The fourth-order valence-corrected chi connectivity index (χ4v) is 3.40. The van der Waals surface area contributed by atoms with E-state index in [0.29, 0.717) is 5.92 Å². The van der Waals surface area contributed by atoms with Crippen LogP contribution in [0.2, 0.25) is 0 Å². The van der Waals surface area contributed by atoms with Crippen LogP contribution in [-0.4, -0.2) is 48.0 Å². The van der Waals surface area contributed by atoms with Gasteiger partial charge in [-0.05, 0) is 32.4 Å². The Labute approximate surface area is 106 Å². The summed E-state index contributed by atoms with van der Waals surface area (Å²) >= 11 is 0. The van der Waals surface area contributed by atoms with E-state index in [4.69, 9.17) is 4.74 Å². The normalized spacial score (nSPS) is 23.3. The highest BCUT2D eigenvalue weighted by Crippen LogP contribution is 2.34. The maximum absolute atomic E-state index is 10.8. The van der Waals surface area contributed by atoms with E-state index < -0.39 is 0 Å². The van der Waals surface area contributed by atoms with Crippen molar-refractivity contribution in [2.75, 3.05) is 26.3 Å². The molecule has 3 nitrogen and oxygen atoms in total. The van der Waals surface area contributed by atoms with Crippen molar-refractivity contribution in [1.82, 2.24) is 4.90 Å². The number of hydrogen-bond acceptors (Lipinski definition) is 3. The van der Waals surface area contributed by atoms with Crippen molar-refractivity contribution < 1.29 is 9.84 Å². The van der Waals surface area contributed by atoms with Gasteiger partial charge < -0.3 is 9.84 Å². The van der Waals surface area contributed by atoms with Gasteiger partial charge in [0, 0.05) is 18.1 Å². The molecule has 102 valence electrons. The topological polar surface area (TPSA) is 32.7 Å². The summed E-state index contributed by atoms with van der Waals surface area (Å²) in [4.78, 5) is 2.43. The summed E-state index contributed by atoms with van der Waals surface area (Å²) < 4.78 is 5.43. The third kappa shape index (κ3) is 2.83. The highest BCUT2D eigenvalue weighted by atomic mass is 16.5. The van der Waals surface area contributed by atoms with E-state index in [1.54, 1.807) is 0 Å². The Balaban J connectivity index is 2.87. The van der Waals surface area contributed by atoms with Crippen LogP contribution in [0.3, 0.4) is 0 Å². The van der Waals surface area contributed by atoms with Crippen molar-refractivity contribution in [1.29, 1.82) is 0 Å². The lowest BCUT2D eigenvalue weighted by Gasteiger charge is -2.47. The molecule has 0 aromatic rings. The first-order chi connectivity index (χ1) is 8.16. The second-order valence-corrected chi connectivity index (χ2v) is 5.05. The lowest BCUT2D eigenvalue weighted by molar-refractivity contribution is -0.0650. The monoisotopic (exact) mass is 243 g/mol. The summed E-state index contributed by atoms with van der Waals surface area (Å²) in [6.45, 7) is 12.3. The molecule has 2 unspecified atom stereocenters. The van der Waals surface area contributed by atoms with Crippen molar-refractivity contribution in [3.63, 3.8) is 0 Å². The molecule has 3 heteroatoms. The molecular weight excluding hydrogens is 214 g/mol. The summed E-state index contributed by atoms with van der Waals surface area (Å²) in [6, 6.07) is 0. The molecule has 1 heterocycles. The van der Waals surface area contributed by atoms with Gasteiger partial charge in [0.2, 0.25) is 0 Å². The van der Waals surface area contributed by atoms with Crippen LogP contribution in [0.1, 0.15) is 47.0 Å². The van der Waals surface area contributed by atoms with Gasteiger partial charge >= 0.3 is 0 Å². The third-order valence-electron chi connectivity index (χ3n) is 4.58. The van der Waals surface area contributed by atoms with Crippen LogP contribution in [0.5, 0.6) is 0 Å². The van der Waals surface area contributed by atoms with Crippen LogP contribution in [0, 0.1) is 5.92 Å². The molecule has 0 spiro atoms. The Kier molecular flexibility index (Phi) is 5.90. The SMILES string of the molecule is CCN(CC)C(CC)(CC)C(O)C1CCOC1. The molecule has 0 aliphatic carbocycles. The van der Waals surface area contributed by atoms with Crippen LogP contribution >= 0.6 is 0 Å². The van der Waals surface area contributed by atoms with E-state index in [0.717, 1.165) is 45.6 Å². The van der Waals surface area contributed by atoms with Gasteiger partial charge in [-0.25, -0.2) is 0 Å². The van der Waals surface area contributed by atoms with Crippen LogP contribution < -0.4 is 0 Å². The van der Waals surface area contributed by atoms with Gasteiger partial charge in [0.05, 0.1) is 12.7 Å². The Morgan fingerprint density at radius 1 is 1.24 bits per heavy atom. The van der Waals surface area contributed by atoms with E-state index in [9.17, 15) is 5.11 Å². The molecule has 1 fully saturated rings. The molecule has 1 rings (SSSR count). The van der Waals surface area contributed by atoms with Gasteiger partial charge in [-0.1, -0.05) is 27.7 Å². The molecule has 1 N–H and O–H groups in total. The average Bonchev–Trinajstić information content (AvgIpc) is 2.89. The minimum absolute atomic E-state index is 0.0676. The molecule has 0 radical (unpaired) electrons. The molecule has 1 saturated heterocycles. The van der Waals surface area contributed by atoms with Gasteiger partial charge in [-0.2, -0.15) is 0 Å². The molecule has 2 atom stereocenters. The van der Waals surface area contributed by atoms with Crippen molar-refractivity contribution >= 4 is 0 Å². The zero-order valence-corrected chi connectivity index (χ0v) is 11.9. The summed E-state index contributed by atoms with van der Waals surface area (Å²) in [7, 11) is 0. The fraction of sp³-hybridized carbons (Fsp3) is 1.00. The predicted octanol–water partition coefficient (Wildman–Crippen LogP) is 2.28. The number of nitrogens with zero attached hydrogens (tertiary/aromatic N) is 1. The number of aliphatic hydroxyl groups excluding tert-OH is 1. The zero-order chi connectivity index (χ0) is 12.9. The molecule has 0 saturated carbocycles. The Morgan fingerprint density at radius 2 is 1.82 bits per heavy atom. The summed E-state index contributed by atoms with van der Waals surface area (Å²) in [5.74, 6) is 0.315. The van der Waals surface area contributed by atoms with Gasteiger partial charge in [-0.3, -0.25) is 4.90 Å². The minimum atomic E-state index is -0.264. The van der Waals surface area contributed by atoms with Crippen molar-refractivity contribution in [2.45, 2.75) is 58.6 Å². The Bertz CT molecular complexity index is 206. The van der Waals surface area contributed by atoms with Gasteiger partial charge in [0.1, 0.15) is 0 Å². The molecular formula is C14H29NO2. The molecule has 17 heavy (non-hydrogen) atoms. The van der Waals surface area contributed by atoms with Crippen molar-refractivity contribution in [2.24, 2.45) is 5.92 Å². The number of aliphatic hydroxyl groups is 1. The van der Waals surface area contributed by atoms with E-state index in [2.05, 4.69) is 32.6 Å². The van der Waals surface area contributed by atoms with Crippen LogP contribution in [0.4, 0.5) is 0 Å². The summed E-state index contributed by atoms with van der Waals surface area (Å²) in [6.07, 6.45) is 2.75. The maximum atomic E-state index is 10.8. The predicted molar refractivity (Wildman–Crippen MR) is 71.2 cm³/mol. The number of likely N-dealkylation sites (N-methyl/N-ethyl adjacent to an activating group) is 1. The minimum Gasteiger partial charge on any atom is -0.391 e. The lowest BCUT2D eigenvalue weighted by atomic mass is 9.78. The summed E-state index contributed by atoms with van der Waals surface area (Å²) in [5.41, 5.74) is -0.0676. The first kappa shape index (κ1) is 14.9. The Morgan fingerprint density at radius 3 is 2.18 bits per heavy atom. The first-order valence-corrected chi connectivity index (χ1v) is 7.17. The highest BCUT2D eigenvalue weighted by Gasteiger charge is 2.43. The largest absolute Gasteiger partial charge is 0.391 e. The maximum Gasteiger partial charge on any atom is 0.0774 e. The summed E-state index contributed by atoms with van der Waals surface area (Å²) in [5, 5.41) is 10.8. The van der Waals surface area contributed by atoms with Gasteiger partial charge in [0.15, 0.2) is 0 Å². The molecule has 1 aliphatic heterocycles. The number of ether oxygens (including phenoxy) is 1. The highest BCUT2D eigenvalue weighted by molar-refractivity contribution is 4.98. The molecule has 0 bridgehead atoms. The van der Waals surface area contributed by atoms with Gasteiger partial charge in [0.25, 0.3) is 0 Å². The zero-order valence-electron chi connectivity index (χ0n) is 11.9. The van der Waals surface area contributed by atoms with E-state index in [1.807, 2.05) is 0 Å². The smallest absolute Gasteiger partial charge is 0.0774 e. The Hall–Kier alpha value is -0.120. The second kappa shape index (κ2) is 6.72. The second-order valence-electron chi connectivity index (χ2n) is 5.05. The third-order valence-corrected chi connectivity index (χ3v) is 4.58. The van der Waals surface area contributed by atoms with Gasteiger partial charge in [-0.15, -0.1) is 0 Å². The van der Waals surface area contributed by atoms with Crippen molar-refractivity contribution in [3.8, 4) is 0 Å². The van der Waals surface area contributed by atoms with E-state index in [1.165, 1.54) is 0 Å². The molecule has 0 aromatic heterocycles. The van der Waals surface area contributed by atoms with Crippen molar-refractivity contribution in [3.05, 3.63) is 0 Å². The standard InChI is InChI=1S/C14H29NO2/c1-5-14(6-2,15(7-3)8-4)13(16)12-9-10-17-11-12/h12-13,16H,5-11H2,1-4H3. The van der Waals surface area contributed by atoms with E-state index >= 15 is 0 Å². The first-order valence-electron chi connectivity index (χ1n) is 7.17. The van der Waals surface area contributed by atoms with Crippen LogP contribution in [-0.2, 0) is 4.74 Å². The number of hydrogen-bond donors (Lipinski definition) is 1. The lowest BCUT2D eigenvalue weighted by Crippen LogP contribution is -2.58. The van der Waals surface area contributed by atoms with Crippen LogP contribution in [0.25, 0.3) is 0 Å². The molecule has 0 amide bonds. The molecule has 0 aromatic carbocycles. The van der Waals surface area contributed by atoms with E-state index in [-0.39, 0.29) is 11.6 Å². The average molecular weight is 243 g/mol. The van der Waals surface area contributed by atoms with Crippen LogP contribution in [0.15, 0.2) is 0 Å². The quantitative estimate of drug-likeness (QED) is 0.744. The fourth-order valence-electron chi connectivity index (χ4n) is 3.40. The number of rotatable bonds is 7.